The van der Waals surface area contributed by atoms with Crippen LogP contribution in [0.2, 0.25) is 0 Å². The van der Waals surface area contributed by atoms with Crippen LogP contribution in [-0.4, -0.2) is 29.3 Å². The van der Waals surface area contributed by atoms with Crippen LogP contribution in [0.15, 0.2) is 30.4 Å². The lowest BCUT2D eigenvalue weighted by Gasteiger charge is -2.37. The Kier molecular flexibility index (Phi) is 3.43. The number of rotatable bonds is 3. The molecule has 0 aromatic heterocycles. The summed E-state index contributed by atoms with van der Waals surface area (Å²) in [4.78, 5) is 41.6. The number of anilines is 1. The Bertz CT molecular complexity index is 869. The molecular weight excluding hydrogens is 340 g/mol. The number of carbonyl (C=O) groups is 3. The van der Waals surface area contributed by atoms with E-state index in [0.29, 0.717) is 11.8 Å². The van der Waals surface area contributed by atoms with Gasteiger partial charge in [-0.05, 0) is 55.6 Å². The van der Waals surface area contributed by atoms with Crippen LogP contribution in [-0.2, 0) is 14.4 Å². The third-order valence-corrected chi connectivity index (χ3v) is 7.06. The van der Waals surface area contributed by atoms with Gasteiger partial charge in [-0.2, -0.15) is 0 Å². The van der Waals surface area contributed by atoms with E-state index in [1.807, 2.05) is 32.0 Å². The summed E-state index contributed by atoms with van der Waals surface area (Å²) in [6.45, 7) is 5.45. The molecule has 1 aliphatic heterocycles. The van der Waals surface area contributed by atoms with Crippen molar-refractivity contribution in [3.63, 3.8) is 0 Å². The number of carbonyl (C=O) groups excluding carboxylic acids is 3. The van der Waals surface area contributed by atoms with Crippen molar-refractivity contribution in [1.82, 2.24) is 4.90 Å². The number of nitrogens with zero attached hydrogens (tertiary/aromatic N) is 2. The number of allylic oxidation sites excluding steroid dienone is 2. The minimum atomic E-state index is -0.218. The third-order valence-electron chi connectivity index (χ3n) is 7.06. The average molecular weight is 364 g/mol. The predicted molar refractivity (Wildman–Crippen MR) is 100 cm³/mol. The van der Waals surface area contributed by atoms with Crippen molar-refractivity contribution in [2.24, 2.45) is 35.5 Å². The second-order valence-corrected chi connectivity index (χ2v) is 8.64. The molecule has 140 valence electrons. The van der Waals surface area contributed by atoms with Gasteiger partial charge in [0.2, 0.25) is 17.7 Å². The summed E-state index contributed by atoms with van der Waals surface area (Å²) in [5, 5.41) is 0. The fourth-order valence-electron chi connectivity index (χ4n) is 5.75. The second-order valence-electron chi connectivity index (χ2n) is 8.64. The predicted octanol–water partition coefficient (Wildman–Crippen LogP) is 2.67. The number of hydrogen-bond donors (Lipinski definition) is 0. The van der Waals surface area contributed by atoms with Gasteiger partial charge in [0.1, 0.15) is 6.67 Å². The maximum atomic E-state index is 13.2. The van der Waals surface area contributed by atoms with E-state index in [0.717, 1.165) is 23.2 Å². The van der Waals surface area contributed by atoms with Gasteiger partial charge in [-0.15, -0.1) is 0 Å². The van der Waals surface area contributed by atoms with Crippen molar-refractivity contribution in [2.75, 3.05) is 11.6 Å². The Morgan fingerprint density at radius 2 is 1.67 bits per heavy atom. The molecule has 0 N–H and O–H groups in total. The number of hydrogen-bond acceptors (Lipinski definition) is 3. The monoisotopic (exact) mass is 364 g/mol. The average Bonchev–Trinajstić information content (AvgIpc) is 3.40. The van der Waals surface area contributed by atoms with Gasteiger partial charge >= 0.3 is 0 Å². The Labute approximate surface area is 159 Å². The van der Waals surface area contributed by atoms with E-state index in [1.165, 1.54) is 11.8 Å². The molecule has 1 aromatic carbocycles. The normalized spacial score (nSPS) is 35.3. The zero-order valence-corrected chi connectivity index (χ0v) is 15.9. The van der Waals surface area contributed by atoms with Gasteiger partial charge < -0.3 is 0 Å². The molecule has 6 atom stereocenters. The molecule has 1 heterocycles. The molecule has 6 rings (SSSR count). The Balaban J connectivity index is 1.45. The molecule has 0 radical (unpaired) electrons. The second kappa shape index (κ2) is 5.54. The van der Waals surface area contributed by atoms with Crippen LogP contribution in [0, 0.1) is 49.4 Å². The van der Waals surface area contributed by atoms with Crippen LogP contribution in [0.4, 0.5) is 5.69 Å². The number of amides is 3. The van der Waals surface area contributed by atoms with E-state index in [1.54, 1.807) is 4.90 Å². The van der Waals surface area contributed by atoms with Crippen molar-refractivity contribution < 1.29 is 14.4 Å². The number of imide groups is 1. The maximum absolute atomic E-state index is 13.2. The van der Waals surface area contributed by atoms with E-state index >= 15 is 0 Å². The van der Waals surface area contributed by atoms with Crippen LogP contribution in [0.5, 0.6) is 0 Å². The highest BCUT2D eigenvalue weighted by molar-refractivity contribution is 6.07. The van der Waals surface area contributed by atoms with Crippen molar-refractivity contribution in [3.8, 4) is 0 Å². The summed E-state index contributed by atoms with van der Waals surface area (Å²) in [7, 11) is 0. The molecule has 5 aliphatic rings. The van der Waals surface area contributed by atoms with Crippen molar-refractivity contribution in [2.45, 2.75) is 27.2 Å². The molecular formula is C22H24N2O3. The minimum absolute atomic E-state index is 0.0126. The molecule has 0 spiro atoms. The van der Waals surface area contributed by atoms with Gasteiger partial charge in [0.05, 0.1) is 11.8 Å². The third kappa shape index (κ3) is 2.27. The first-order valence-corrected chi connectivity index (χ1v) is 9.77. The molecule has 2 bridgehead atoms. The minimum Gasteiger partial charge on any atom is -0.294 e. The highest BCUT2D eigenvalue weighted by Crippen LogP contribution is 2.65. The van der Waals surface area contributed by atoms with Gasteiger partial charge in [-0.3, -0.25) is 24.2 Å². The molecule has 3 fully saturated rings. The molecule has 27 heavy (non-hydrogen) atoms. The molecule has 4 aliphatic carbocycles. The summed E-state index contributed by atoms with van der Waals surface area (Å²) in [5.74, 6) is 0.797. The van der Waals surface area contributed by atoms with E-state index in [-0.39, 0.29) is 48.1 Å². The first-order chi connectivity index (χ1) is 12.9. The van der Waals surface area contributed by atoms with Crippen LogP contribution >= 0.6 is 0 Å². The van der Waals surface area contributed by atoms with Gasteiger partial charge in [0.15, 0.2) is 0 Å². The number of benzene rings is 1. The molecule has 0 unspecified atom stereocenters. The smallest absolute Gasteiger partial charge is 0.235 e. The number of likely N-dealkylation sites (tertiary alicyclic amines) is 1. The van der Waals surface area contributed by atoms with Gasteiger partial charge in [-0.1, -0.05) is 29.8 Å². The highest BCUT2D eigenvalue weighted by atomic mass is 16.2. The first-order valence-electron chi connectivity index (χ1n) is 9.77. The van der Waals surface area contributed by atoms with Gasteiger partial charge in [0, 0.05) is 12.6 Å². The van der Waals surface area contributed by atoms with Crippen LogP contribution in [0.3, 0.4) is 0 Å². The lowest BCUT2D eigenvalue weighted by Crippen LogP contribution is -2.44. The molecule has 1 aromatic rings. The summed E-state index contributed by atoms with van der Waals surface area (Å²) in [6.07, 6.45) is 5.49. The molecule has 3 amide bonds. The Morgan fingerprint density at radius 1 is 1.07 bits per heavy atom. The molecule has 2 saturated carbocycles. The van der Waals surface area contributed by atoms with Crippen molar-refractivity contribution in [3.05, 3.63) is 41.5 Å². The standard InChI is InChI=1S/C22H24N2O3/c1-11-4-7-18(12(2)8-11)23(13(3)25)10-24-21(26)19-14-5-6-15(17-9-16(14)17)20(19)22(24)27/h4-8,14-17,19-20H,9-10H2,1-3H3/t14-,15-,16-,17+,19+,20-/m1/s1. The fraction of sp³-hybridized carbons (Fsp3) is 0.500. The fourth-order valence-corrected chi connectivity index (χ4v) is 5.75. The first kappa shape index (κ1) is 16.7. The van der Waals surface area contributed by atoms with Crippen LogP contribution in [0.1, 0.15) is 24.5 Å². The van der Waals surface area contributed by atoms with Crippen LogP contribution in [0.25, 0.3) is 0 Å². The lowest BCUT2D eigenvalue weighted by molar-refractivity contribution is -0.140. The zero-order valence-electron chi connectivity index (χ0n) is 15.9. The summed E-state index contributed by atoms with van der Waals surface area (Å²) >= 11 is 0. The quantitative estimate of drug-likeness (QED) is 0.612. The summed E-state index contributed by atoms with van der Waals surface area (Å²) < 4.78 is 0. The summed E-state index contributed by atoms with van der Waals surface area (Å²) in [5.41, 5.74) is 2.83. The van der Waals surface area contributed by atoms with Gasteiger partial charge in [-0.25, -0.2) is 0 Å². The van der Waals surface area contributed by atoms with E-state index in [2.05, 4.69) is 12.2 Å². The summed E-state index contributed by atoms with van der Waals surface area (Å²) in [6, 6.07) is 5.85. The Hall–Kier alpha value is -2.43. The SMILES string of the molecule is CC(=O)N(CN1C(=O)[C@@H]2[C@@H]3C=C[C@H]([C@H]4C[C@@H]34)[C@@H]2C1=O)c1ccc(C)cc1C. The molecule has 1 saturated heterocycles. The largest absolute Gasteiger partial charge is 0.294 e. The van der Waals surface area contributed by atoms with Gasteiger partial charge in [0.25, 0.3) is 0 Å². The molecule has 5 nitrogen and oxygen atoms in total. The number of aryl methyl sites for hydroxylation is 2. The van der Waals surface area contributed by atoms with E-state index in [9.17, 15) is 14.4 Å². The lowest BCUT2D eigenvalue weighted by atomic mass is 9.63. The van der Waals surface area contributed by atoms with E-state index in [4.69, 9.17) is 0 Å². The Morgan fingerprint density at radius 3 is 2.19 bits per heavy atom. The molecule has 5 heteroatoms. The van der Waals surface area contributed by atoms with Crippen LogP contribution < -0.4 is 4.90 Å². The van der Waals surface area contributed by atoms with E-state index < -0.39 is 0 Å². The topological polar surface area (TPSA) is 57.7 Å². The van der Waals surface area contributed by atoms with Crippen molar-refractivity contribution in [1.29, 1.82) is 0 Å². The zero-order chi connectivity index (χ0) is 19.0. The maximum Gasteiger partial charge on any atom is 0.235 e. The highest BCUT2D eigenvalue weighted by Gasteiger charge is 2.67. The van der Waals surface area contributed by atoms with Crippen molar-refractivity contribution >= 4 is 23.4 Å².